The zero-order valence-electron chi connectivity index (χ0n) is 8.75. The van der Waals surface area contributed by atoms with Crippen molar-refractivity contribution in [3.05, 3.63) is 23.7 Å². The number of nitrogens with zero attached hydrogens (tertiary/aromatic N) is 1. The third-order valence-corrected chi connectivity index (χ3v) is 2.44. The van der Waals surface area contributed by atoms with Gasteiger partial charge in [-0.1, -0.05) is 15.9 Å². The second-order valence-corrected chi connectivity index (χ2v) is 4.01. The van der Waals surface area contributed by atoms with Gasteiger partial charge in [0.2, 0.25) is 0 Å². The molecule has 0 radical (unpaired) electrons. The molecular weight excluding hydrogens is 284 g/mol. The van der Waals surface area contributed by atoms with Crippen molar-refractivity contribution in [1.82, 2.24) is 4.90 Å². The first-order valence-electron chi connectivity index (χ1n) is 4.73. The molecule has 0 aromatic carbocycles. The number of rotatable bonds is 5. The van der Waals surface area contributed by atoms with Gasteiger partial charge in [-0.15, -0.1) is 0 Å². The van der Waals surface area contributed by atoms with Crippen LogP contribution in [0.3, 0.4) is 0 Å². The van der Waals surface area contributed by atoms with Crippen LogP contribution in [-0.4, -0.2) is 35.7 Å². The topological polar surface area (TPSA) is 33.5 Å². The standard InChI is InChI=1S/C10H12BrF2NO2/c1-7-8(2-5-16-7)10(15)14(4-3-11)6-9(12)13/h2,5,9H,3-4,6H2,1H3. The summed E-state index contributed by atoms with van der Waals surface area (Å²) in [7, 11) is 0. The Morgan fingerprint density at radius 2 is 2.31 bits per heavy atom. The van der Waals surface area contributed by atoms with Crippen LogP contribution in [0.15, 0.2) is 16.7 Å². The van der Waals surface area contributed by atoms with E-state index in [-0.39, 0.29) is 6.54 Å². The van der Waals surface area contributed by atoms with E-state index in [0.29, 0.717) is 16.7 Å². The Kier molecular flexibility index (Phi) is 4.92. The minimum Gasteiger partial charge on any atom is -0.469 e. The molecule has 0 unspecified atom stereocenters. The number of hydrogen-bond donors (Lipinski definition) is 0. The van der Waals surface area contributed by atoms with E-state index in [2.05, 4.69) is 15.9 Å². The fourth-order valence-electron chi connectivity index (χ4n) is 1.32. The summed E-state index contributed by atoms with van der Waals surface area (Å²) in [6.07, 6.45) is -1.16. The van der Waals surface area contributed by atoms with E-state index in [0.717, 1.165) is 4.90 Å². The number of carbonyl (C=O) groups excluding carboxylic acids is 1. The molecule has 0 aliphatic rings. The summed E-state index contributed by atoms with van der Waals surface area (Å²) in [4.78, 5) is 13.0. The molecule has 0 fully saturated rings. The van der Waals surface area contributed by atoms with Crippen molar-refractivity contribution in [2.24, 2.45) is 0 Å². The molecule has 1 aromatic rings. The maximum atomic E-state index is 12.3. The number of halogens is 3. The lowest BCUT2D eigenvalue weighted by Crippen LogP contribution is -2.36. The highest BCUT2D eigenvalue weighted by atomic mass is 79.9. The second-order valence-electron chi connectivity index (χ2n) is 3.22. The third kappa shape index (κ3) is 3.30. The van der Waals surface area contributed by atoms with Crippen LogP contribution in [0.1, 0.15) is 16.1 Å². The van der Waals surface area contributed by atoms with Gasteiger partial charge >= 0.3 is 0 Å². The average molecular weight is 296 g/mol. The van der Waals surface area contributed by atoms with Crippen LogP contribution in [0.5, 0.6) is 0 Å². The Morgan fingerprint density at radius 3 is 2.75 bits per heavy atom. The second kappa shape index (κ2) is 5.98. The van der Waals surface area contributed by atoms with Crippen molar-refractivity contribution in [1.29, 1.82) is 0 Å². The first-order valence-corrected chi connectivity index (χ1v) is 5.86. The predicted molar refractivity (Wildman–Crippen MR) is 59.1 cm³/mol. The maximum Gasteiger partial charge on any atom is 0.257 e. The van der Waals surface area contributed by atoms with Gasteiger partial charge in [0.15, 0.2) is 0 Å². The summed E-state index contributed by atoms with van der Waals surface area (Å²) >= 11 is 3.13. The zero-order valence-corrected chi connectivity index (χ0v) is 10.3. The molecule has 0 saturated heterocycles. The van der Waals surface area contributed by atoms with Gasteiger partial charge in [0, 0.05) is 11.9 Å². The van der Waals surface area contributed by atoms with Crippen molar-refractivity contribution in [3.63, 3.8) is 0 Å². The number of amides is 1. The Labute approximate surface area is 101 Å². The highest BCUT2D eigenvalue weighted by Gasteiger charge is 2.21. The molecule has 0 N–H and O–H groups in total. The fraction of sp³-hybridized carbons (Fsp3) is 0.500. The average Bonchev–Trinajstić information content (AvgIpc) is 2.62. The predicted octanol–water partition coefficient (Wildman–Crippen LogP) is 2.69. The first kappa shape index (κ1) is 13.2. The Bertz CT molecular complexity index is 354. The Balaban J connectivity index is 2.78. The number of furan rings is 1. The van der Waals surface area contributed by atoms with Gasteiger partial charge in [-0.05, 0) is 13.0 Å². The lowest BCUT2D eigenvalue weighted by atomic mass is 10.2. The van der Waals surface area contributed by atoms with E-state index in [4.69, 9.17) is 4.42 Å². The van der Waals surface area contributed by atoms with Gasteiger partial charge in [-0.3, -0.25) is 4.79 Å². The van der Waals surface area contributed by atoms with Crippen LogP contribution in [0, 0.1) is 6.92 Å². The van der Waals surface area contributed by atoms with Gasteiger partial charge < -0.3 is 9.32 Å². The quantitative estimate of drug-likeness (QED) is 0.783. The van der Waals surface area contributed by atoms with Crippen LogP contribution in [-0.2, 0) is 0 Å². The number of alkyl halides is 3. The number of carbonyl (C=O) groups is 1. The molecule has 6 heteroatoms. The molecule has 3 nitrogen and oxygen atoms in total. The highest BCUT2D eigenvalue weighted by Crippen LogP contribution is 2.13. The van der Waals surface area contributed by atoms with Gasteiger partial charge in [-0.2, -0.15) is 0 Å². The summed E-state index contributed by atoms with van der Waals surface area (Å²) in [6, 6.07) is 1.49. The summed E-state index contributed by atoms with van der Waals surface area (Å²) in [5, 5.41) is 0.461. The summed E-state index contributed by atoms with van der Waals surface area (Å²) < 4.78 is 29.5. The third-order valence-electron chi connectivity index (χ3n) is 2.09. The summed E-state index contributed by atoms with van der Waals surface area (Å²) in [6.45, 7) is 1.31. The lowest BCUT2D eigenvalue weighted by molar-refractivity contribution is 0.0571. The molecule has 0 bridgehead atoms. The molecule has 0 atom stereocenters. The molecule has 1 amide bonds. The van der Waals surface area contributed by atoms with E-state index >= 15 is 0 Å². The fourth-order valence-corrected chi connectivity index (χ4v) is 1.75. The van der Waals surface area contributed by atoms with Crippen molar-refractivity contribution in [3.8, 4) is 0 Å². The van der Waals surface area contributed by atoms with Crippen LogP contribution in [0.2, 0.25) is 0 Å². The van der Waals surface area contributed by atoms with Gasteiger partial charge in [-0.25, -0.2) is 8.78 Å². The number of aryl methyl sites for hydroxylation is 1. The minimum atomic E-state index is -2.53. The van der Waals surface area contributed by atoms with Gasteiger partial charge in [0.1, 0.15) is 5.76 Å². The molecule has 90 valence electrons. The van der Waals surface area contributed by atoms with E-state index < -0.39 is 18.9 Å². The lowest BCUT2D eigenvalue weighted by Gasteiger charge is -2.20. The summed E-state index contributed by atoms with van der Waals surface area (Å²) in [5.41, 5.74) is 0.335. The smallest absolute Gasteiger partial charge is 0.257 e. The molecule has 16 heavy (non-hydrogen) atoms. The van der Waals surface area contributed by atoms with E-state index in [9.17, 15) is 13.6 Å². The van der Waals surface area contributed by atoms with Crippen LogP contribution in [0.4, 0.5) is 8.78 Å². The van der Waals surface area contributed by atoms with Crippen molar-refractivity contribution < 1.29 is 18.0 Å². The molecule has 1 heterocycles. The molecule has 0 spiro atoms. The molecule has 1 rings (SSSR count). The van der Waals surface area contributed by atoms with E-state index in [1.807, 2.05) is 0 Å². The van der Waals surface area contributed by atoms with Gasteiger partial charge in [0.25, 0.3) is 12.3 Å². The molecule has 1 aromatic heterocycles. The normalized spacial score (nSPS) is 10.8. The van der Waals surface area contributed by atoms with Crippen LogP contribution < -0.4 is 0 Å². The summed E-state index contributed by atoms with van der Waals surface area (Å²) in [5.74, 6) is 0.0184. The first-order chi connectivity index (χ1) is 7.56. The zero-order chi connectivity index (χ0) is 12.1. The molecule has 0 aliphatic heterocycles. The largest absolute Gasteiger partial charge is 0.469 e. The monoisotopic (exact) mass is 295 g/mol. The Morgan fingerprint density at radius 1 is 1.62 bits per heavy atom. The Hall–Kier alpha value is -0.910. The maximum absolute atomic E-state index is 12.3. The van der Waals surface area contributed by atoms with E-state index in [1.54, 1.807) is 6.92 Å². The van der Waals surface area contributed by atoms with Crippen molar-refractivity contribution >= 4 is 21.8 Å². The highest BCUT2D eigenvalue weighted by molar-refractivity contribution is 9.09. The molecule has 0 aliphatic carbocycles. The molecule has 0 saturated carbocycles. The minimum absolute atomic E-state index is 0.244. The van der Waals surface area contributed by atoms with E-state index in [1.165, 1.54) is 12.3 Å². The van der Waals surface area contributed by atoms with Crippen LogP contribution >= 0.6 is 15.9 Å². The van der Waals surface area contributed by atoms with Crippen LogP contribution in [0.25, 0.3) is 0 Å². The SMILES string of the molecule is Cc1occc1C(=O)N(CCBr)CC(F)F. The van der Waals surface area contributed by atoms with Crippen molar-refractivity contribution in [2.75, 3.05) is 18.4 Å². The molecular formula is C10H12BrF2NO2. The van der Waals surface area contributed by atoms with Crippen molar-refractivity contribution in [2.45, 2.75) is 13.3 Å². The van der Waals surface area contributed by atoms with Gasteiger partial charge in [0.05, 0.1) is 18.4 Å². The number of hydrogen-bond acceptors (Lipinski definition) is 2.